The van der Waals surface area contributed by atoms with Gasteiger partial charge in [-0.05, 0) is 6.07 Å². The van der Waals surface area contributed by atoms with Crippen molar-refractivity contribution in [3.05, 3.63) is 39.9 Å². The molecule has 10 heteroatoms. The maximum absolute atomic E-state index is 11.6. The highest BCUT2D eigenvalue weighted by atomic mass is 16.7. The van der Waals surface area contributed by atoms with Crippen LogP contribution in [0.25, 0.3) is 0 Å². The van der Waals surface area contributed by atoms with Crippen LogP contribution in [-0.4, -0.2) is 59.4 Å². The first-order valence-corrected chi connectivity index (χ1v) is 8.05. The van der Waals surface area contributed by atoms with Crippen LogP contribution < -0.4 is 0 Å². The van der Waals surface area contributed by atoms with E-state index >= 15 is 0 Å². The van der Waals surface area contributed by atoms with Crippen LogP contribution in [0.4, 0.5) is 5.69 Å². The van der Waals surface area contributed by atoms with Gasteiger partial charge in [0.15, 0.2) is 0 Å². The van der Waals surface area contributed by atoms with Gasteiger partial charge in [0.05, 0.1) is 62.3 Å². The fourth-order valence-corrected chi connectivity index (χ4v) is 2.39. The first-order valence-electron chi connectivity index (χ1n) is 8.05. The van der Waals surface area contributed by atoms with Crippen molar-refractivity contribution in [3.8, 4) is 0 Å². The van der Waals surface area contributed by atoms with Gasteiger partial charge in [0.2, 0.25) is 0 Å². The van der Waals surface area contributed by atoms with Crippen molar-refractivity contribution in [2.24, 2.45) is 0 Å². The van der Waals surface area contributed by atoms with Crippen LogP contribution >= 0.6 is 0 Å². The van der Waals surface area contributed by atoms with Crippen molar-refractivity contribution >= 4 is 17.6 Å². The summed E-state index contributed by atoms with van der Waals surface area (Å²) in [6.07, 6.45) is -0.851. The fraction of sp³-hybridized carbons (Fsp3) is 0.500. The minimum Gasteiger partial charge on any atom is -0.481 e. The monoisotopic (exact) mass is 368 g/mol. The molecule has 1 fully saturated rings. The van der Waals surface area contributed by atoms with Gasteiger partial charge < -0.3 is 19.4 Å². The van der Waals surface area contributed by atoms with Gasteiger partial charge in [-0.2, -0.15) is 0 Å². The third-order valence-corrected chi connectivity index (χ3v) is 3.63. The molecule has 10 nitrogen and oxygen atoms in total. The zero-order valence-corrected chi connectivity index (χ0v) is 14.0. The summed E-state index contributed by atoms with van der Waals surface area (Å²) in [5.74, 6) is -1.68. The summed E-state index contributed by atoms with van der Waals surface area (Å²) >= 11 is 0. The molecule has 0 radical (unpaired) electrons. The van der Waals surface area contributed by atoms with E-state index in [0.29, 0.717) is 18.7 Å². The van der Waals surface area contributed by atoms with Crippen molar-refractivity contribution in [2.75, 3.05) is 26.3 Å². The number of ether oxygens (including phenoxy) is 2. The maximum atomic E-state index is 11.6. The average Bonchev–Trinajstić information content (AvgIpc) is 2.60. The second-order valence-corrected chi connectivity index (χ2v) is 5.64. The molecule has 1 N–H and O–H groups in total. The molecule has 1 saturated heterocycles. The third-order valence-electron chi connectivity index (χ3n) is 3.63. The quantitative estimate of drug-likeness (QED) is 0.504. The molecule has 1 aliphatic heterocycles. The third kappa shape index (κ3) is 6.39. The summed E-state index contributed by atoms with van der Waals surface area (Å²) in [4.78, 5) is 37.6. The molecule has 1 aromatic carbocycles. The smallest absolute Gasteiger partial charge is 0.325 e. The molecule has 1 heterocycles. The van der Waals surface area contributed by atoms with E-state index in [1.807, 2.05) is 0 Å². The van der Waals surface area contributed by atoms with E-state index in [2.05, 4.69) is 0 Å². The largest absolute Gasteiger partial charge is 0.481 e. The molecular formula is C16H20N2O8. The number of carbonyl (C=O) groups excluding carboxylic acids is 1. The van der Waals surface area contributed by atoms with E-state index in [9.17, 15) is 19.7 Å². The number of benzene rings is 1. The molecule has 1 atom stereocenters. The van der Waals surface area contributed by atoms with Crippen molar-refractivity contribution in [1.82, 2.24) is 5.06 Å². The summed E-state index contributed by atoms with van der Waals surface area (Å²) in [5, 5.41) is 20.9. The van der Waals surface area contributed by atoms with Gasteiger partial charge in [-0.3, -0.25) is 19.7 Å². The lowest BCUT2D eigenvalue weighted by atomic mass is 10.2. The molecule has 26 heavy (non-hydrogen) atoms. The molecular weight excluding hydrogens is 348 g/mol. The number of nitro groups is 1. The first-order chi connectivity index (χ1) is 12.5. The number of rotatable bonds is 9. The minimum atomic E-state index is -1.06. The van der Waals surface area contributed by atoms with Gasteiger partial charge in [0.25, 0.3) is 5.69 Å². The van der Waals surface area contributed by atoms with Crippen LogP contribution in [0.1, 0.15) is 18.4 Å². The Bertz CT molecular complexity index is 651. The van der Waals surface area contributed by atoms with E-state index in [-0.39, 0.29) is 44.4 Å². The van der Waals surface area contributed by atoms with Gasteiger partial charge in [-0.1, -0.05) is 12.1 Å². The van der Waals surface area contributed by atoms with Gasteiger partial charge in [-0.15, -0.1) is 5.06 Å². The SMILES string of the molecule is O=C(O)CCC(=O)ON1CCOC(COCc2ccccc2[N+](=O)[O-])C1. The molecule has 142 valence electrons. The fourth-order valence-electron chi connectivity index (χ4n) is 2.39. The van der Waals surface area contributed by atoms with E-state index in [1.165, 1.54) is 11.1 Å². The standard InChI is InChI=1S/C16H20N2O8/c19-15(20)5-6-16(21)26-17-7-8-25-13(9-17)11-24-10-12-3-1-2-4-14(12)18(22)23/h1-4,13H,5-11H2,(H,19,20). The number of carboxylic acids is 1. The molecule has 1 aromatic rings. The molecule has 0 aliphatic carbocycles. The van der Waals surface area contributed by atoms with Crippen LogP contribution in [0.2, 0.25) is 0 Å². The number of hydrogen-bond donors (Lipinski definition) is 1. The summed E-state index contributed by atoms with van der Waals surface area (Å²) in [5.41, 5.74) is 0.455. The Morgan fingerprint density at radius 1 is 1.35 bits per heavy atom. The number of carboxylic acid groups (broad SMARTS) is 1. The average molecular weight is 368 g/mol. The van der Waals surface area contributed by atoms with Crippen molar-refractivity contribution < 1.29 is 33.9 Å². The summed E-state index contributed by atoms with van der Waals surface area (Å²) in [6.45, 7) is 1.21. The lowest BCUT2D eigenvalue weighted by Crippen LogP contribution is -2.45. The van der Waals surface area contributed by atoms with Crippen molar-refractivity contribution in [3.63, 3.8) is 0 Å². The molecule has 1 aliphatic rings. The van der Waals surface area contributed by atoms with E-state index < -0.39 is 16.9 Å². The number of para-hydroxylation sites is 1. The summed E-state index contributed by atoms with van der Waals surface area (Å²) in [7, 11) is 0. The van der Waals surface area contributed by atoms with Crippen LogP contribution in [0.5, 0.6) is 0 Å². The second kappa shape index (κ2) is 9.80. The number of hydrogen-bond acceptors (Lipinski definition) is 8. The number of hydroxylamine groups is 2. The van der Waals surface area contributed by atoms with E-state index in [0.717, 1.165) is 0 Å². The molecule has 1 unspecified atom stereocenters. The topological polar surface area (TPSA) is 128 Å². The van der Waals surface area contributed by atoms with Gasteiger partial charge in [0, 0.05) is 6.07 Å². The molecule has 0 aromatic heterocycles. The normalized spacial score (nSPS) is 17.6. The number of morpholine rings is 1. The highest BCUT2D eigenvalue weighted by Crippen LogP contribution is 2.18. The maximum Gasteiger partial charge on any atom is 0.325 e. The molecule has 0 amide bonds. The lowest BCUT2D eigenvalue weighted by molar-refractivity contribution is -0.386. The number of aliphatic carboxylic acids is 1. The number of carbonyl (C=O) groups is 2. The molecule has 0 saturated carbocycles. The Kier molecular flexibility index (Phi) is 7.45. The zero-order chi connectivity index (χ0) is 18.9. The van der Waals surface area contributed by atoms with Crippen LogP contribution in [0, 0.1) is 10.1 Å². The molecule has 0 bridgehead atoms. The van der Waals surface area contributed by atoms with Crippen LogP contribution in [0.3, 0.4) is 0 Å². The Hall–Kier alpha value is -2.56. The highest BCUT2D eigenvalue weighted by Gasteiger charge is 2.24. The molecule has 2 rings (SSSR count). The van der Waals surface area contributed by atoms with Crippen molar-refractivity contribution in [1.29, 1.82) is 0 Å². The summed E-state index contributed by atoms with van der Waals surface area (Å²) in [6, 6.07) is 6.31. The molecule has 0 spiro atoms. The minimum absolute atomic E-state index is 0.00829. The Balaban J connectivity index is 1.75. The highest BCUT2D eigenvalue weighted by molar-refractivity contribution is 5.76. The first kappa shape index (κ1) is 19.8. The Morgan fingerprint density at radius 2 is 2.12 bits per heavy atom. The predicted octanol–water partition coefficient (Wildman–Crippen LogP) is 1.14. The lowest BCUT2D eigenvalue weighted by Gasteiger charge is -2.31. The second-order valence-electron chi connectivity index (χ2n) is 5.64. The van der Waals surface area contributed by atoms with Crippen LogP contribution in [-0.2, 0) is 30.5 Å². The number of nitro benzene ring substituents is 1. The van der Waals surface area contributed by atoms with Gasteiger partial charge >= 0.3 is 11.9 Å². The van der Waals surface area contributed by atoms with E-state index in [1.54, 1.807) is 18.2 Å². The van der Waals surface area contributed by atoms with Gasteiger partial charge in [0.1, 0.15) is 0 Å². The van der Waals surface area contributed by atoms with Crippen LogP contribution in [0.15, 0.2) is 24.3 Å². The summed E-state index contributed by atoms with van der Waals surface area (Å²) < 4.78 is 11.0. The van der Waals surface area contributed by atoms with Crippen molar-refractivity contribution in [2.45, 2.75) is 25.6 Å². The number of nitrogens with zero attached hydrogens (tertiary/aromatic N) is 2. The Morgan fingerprint density at radius 3 is 2.85 bits per heavy atom. The Labute approximate surface area is 149 Å². The van der Waals surface area contributed by atoms with E-state index in [4.69, 9.17) is 19.4 Å². The predicted molar refractivity (Wildman–Crippen MR) is 87.0 cm³/mol. The van der Waals surface area contributed by atoms with Gasteiger partial charge in [-0.25, -0.2) is 0 Å². The zero-order valence-electron chi connectivity index (χ0n) is 14.0.